The molecule has 19 heavy (non-hydrogen) atoms. The first-order chi connectivity index (χ1) is 9.11. The molecule has 1 heterocycles. The smallest absolute Gasteiger partial charge is 0.0641 e. The van der Waals surface area contributed by atoms with Crippen LogP contribution in [0.2, 0.25) is 0 Å². The second kappa shape index (κ2) is 5.99. The highest BCUT2D eigenvalue weighted by molar-refractivity contribution is 5.22. The van der Waals surface area contributed by atoms with Gasteiger partial charge >= 0.3 is 0 Å². The van der Waals surface area contributed by atoms with Crippen molar-refractivity contribution in [3.63, 3.8) is 0 Å². The first-order valence-corrected chi connectivity index (χ1v) is 6.53. The van der Waals surface area contributed by atoms with Crippen LogP contribution in [0.4, 0.5) is 0 Å². The van der Waals surface area contributed by atoms with Crippen molar-refractivity contribution in [2.45, 2.75) is 25.9 Å². The Balaban J connectivity index is 2.13. The average molecular weight is 259 g/mol. The monoisotopic (exact) mass is 259 g/mol. The van der Waals surface area contributed by atoms with E-state index in [2.05, 4.69) is 17.3 Å². The molecule has 2 rings (SSSR count). The zero-order valence-electron chi connectivity index (χ0n) is 11.7. The largest absolute Gasteiger partial charge is 0.394 e. The molecule has 0 radical (unpaired) electrons. The number of nitrogens with one attached hydrogen (secondary N) is 1. The molecule has 4 nitrogen and oxygen atoms in total. The third kappa shape index (κ3) is 3.22. The van der Waals surface area contributed by atoms with Crippen molar-refractivity contribution < 1.29 is 5.11 Å². The number of benzene rings is 1. The van der Waals surface area contributed by atoms with Gasteiger partial charge in [-0.1, -0.05) is 30.3 Å². The molecular weight excluding hydrogens is 238 g/mol. The van der Waals surface area contributed by atoms with E-state index in [0.717, 1.165) is 16.8 Å². The average Bonchev–Trinajstić information content (AvgIpc) is 2.76. The van der Waals surface area contributed by atoms with E-state index in [-0.39, 0.29) is 18.7 Å². The number of rotatable bonds is 5. The summed E-state index contributed by atoms with van der Waals surface area (Å²) in [5.41, 5.74) is 3.28. The highest BCUT2D eigenvalue weighted by atomic mass is 16.3. The van der Waals surface area contributed by atoms with Gasteiger partial charge in [-0.3, -0.25) is 4.68 Å². The van der Waals surface area contributed by atoms with Gasteiger partial charge in [-0.05, 0) is 19.4 Å². The van der Waals surface area contributed by atoms with E-state index >= 15 is 0 Å². The summed E-state index contributed by atoms with van der Waals surface area (Å²) >= 11 is 0. The fourth-order valence-corrected chi connectivity index (χ4v) is 2.37. The van der Waals surface area contributed by atoms with Crippen LogP contribution in [0.15, 0.2) is 36.5 Å². The minimum atomic E-state index is -0.0594. The number of hydrogen-bond acceptors (Lipinski definition) is 3. The second-order valence-corrected chi connectivity index (χ2v) is 4.88. The van der Waals surface area contributed by atoms with Gasteiger partial charge in [0.2, 0.25) is 0 Å². The summed E-state index contributed by atoms with van der Waals surface area (Å²) < 4.78 is 1.82. The molecule has 0 aliphatic rings. The molecule has 1 aromatic heterocycles. The predicted molar refractivity (Wildman–Crippen MR) is 75.8 cm³/mol. The lowest BCUT2D eigenvalue weighted by atomic mass is 10.0. The van der Waals surface area contributed by atoms with Crippen LogP contribution in [-0.4, -0.2) is 21.5 Å². The van der Waals surface area contributed by atoms with Gasteiger partial charge in [-0.2, -0.15) is 5.10 Å². The maximum Gasteiger partial charge on any atom is 0.0641 e. The topological polar surface area (TPSA) is 50.1 Å². The standard InChI is InChI=1S/C15H21N3O/c1-11(14-9-18(3)17-12(14)2)16-15(10-19)13-7-5-4-6-8-13/h4-9,11,15-16,19H,10H2,1-3H3. The number of aliphatic hydroxyl groups excluding tert-OH is 1. The molecule has 1 aromatic carbocycles. The van der Waals surface area contributed by atoms with Gasteiger partial charge in [-0.25, -0.2) is 0 Å². The van der Waals surface area contributed by atoms with Crippen molar-refractivity contribution in [3.8, 4) is 0 Å². The Kier molecular flexibility index (Phi) is 4.35. The predicted octanol–water partition coefficient (Wildman–Crippen LogP) is 2.11. The van der Waals surface area contributed by atoms with E-state index in [1.807, 2.05) is 55.2 Å². The summed E-state index contributed by atoms with van der Waals surface area (Å²) in [6.07, 6.45) is 2.02. The van der Waals surface area contributed by atoms with Gasteiger partial charge < -0.3 is 10.4 Å². The third-order valence-corrected chi connectivity index (χ3v) is 3.35. The van der Waals surface area contributed by atoms with Crippen LogP contribution in [0.25, 0.3) is 0 Å². The normalized spacial score (nSPS) is 14.3. The van der Waals surface area contributed by atoms with Gasteiger partial charge in [0.15, 0.2) is 0 Å². The van der Waals surface area contributed by atoms with Crippen molar-refractivity contribution in [2.75, 3.05) is 6.61 Å². The van der Waals surface area contributed by atoms with E-state index in [0.29, 0.717) is 0 Å². The Morgan fingerprint density at radius 1 is 1.32 bits per heavy atom. The molecular formula is C15H21N3O. The summed E-state index contributed by atoms with van der Waals surface area (Å²) in [5, 5.41) is 17.4. The van der Waals surface area contributed by atoms with Crippen molar-refractivity contribution in [1.82, 2.24) is 15.1 Å². The zero-order valence-corrected chi connectivity index (χ0v) is 11.7. The molecule has 0 saturated heterocycles. The third-order valence-electron chi connectivity index (χ3n) is 3.35. The van der Waals surface area contributed by atoms with Crippen LogP contribution < -0.4 is 5.32 Å². The second-order valence-electron chi connectivity index (χ2n) is 4.88. The lowest BCUT2D eigenvalue weighted by Gasteiger charge is -2.22. The summed E-state index contributed by atoms with van der Waals surface area (Å²) in [7, 11) is 1.92. The summed E-state index contributed by atoms with van der Waals surface area (Å²) in [4.78, 5) is 0. The fourth-order valence-electron chi connectivity index (χ4n) is 2.37. The number of nitrogens with zero attached hydrogens (tertiary/aromatic N) is 2. The van der Waals surface area contributed by atoms with E-state index in [1.54, 1.807) is 0 Å². The highest BCUT2D eigenvalue weighted by Crippen LogP contribution is 2.21. The molecule has 0 spiro atoms. The van der Waals surface area contributed by atoms with Gasteiger partial charge in [0.05, 0.1) is 18.3 Å². The van der Waals surface area contributed by atoms with Crippen LogP contribution >= 0.6 is 0 Å². The molecule has 2 N–H and O–H groups in total. The summed E-state index contributed by atoms with van der Waals surface area (Å²) in [5.74, 6) is 0. The van der Waals surface area contributed by atoms with Crippen LogP contribution in [0.1, 0.15) is 35.8 Å². The number of hydrogen-bond donors (Lipinski definition) is 2. The first kappa shape index (κ1) is 13.8. The molecule has 4 heteroatoms. The maximum absolute atomic E-state index is 9.57. The molecule has 0 aliphatic carbocycles. The molecule has 2 atom stereocenters. The highest BCUT2D eigenvalue weighted by Gasteiger charge is 2.17. The Bertz CT molecular complexity index is 521. The Morgan fingerprint density at radius 2 is 2.00 bits per heavy atom. The fraction of sp³-hybridized carbons (Fsp3) is 0.400. The first-order valence-electron chi connectivity index (χ1n) is 6.53. The maximum atomic E-state index is 9.57. The lowest BCUT2D eigenvalue weighted by Crippen LogP contribution is -2.27. The number of aromatic nitrogens is 2. The van der Waals surface area contributed by atoms with E-state index in [1.165, 1.54) is 0 Å². The molecule has 0 fully saturated rings. The molecule has 0 bridgehead atoms. The Hall–Kier alpha value is -1.65. The number of aryl methyl sites for hydroxylation is 2. The van der Waals surface area contributed by atoms with Crippen LogP contribution in [-0.2, 0) is 7.05 Å². The molecule has 2 unspecified atom stereocenters. The van der Waals surface area contributed by atoms with Crippen LogP contribution in [0, 0.1) is 6.92 Å². The van der Waals surface area contributed by atoms with Crippen molar-refractivity contribution in [1.29, 1.82) is 0 Å². The Labute approximate surface area is 114 Å². The molecule has 0 amide bonds. The van der Waals surface area contributed by atoms with Crippen molar-refractivity contribution in [2.24, 2.45) is 7.05 Å². The zero-order chi connectivity index (χ0) is 13.8. The van der Waals surface area contributed by atoms with Gasteiger partial charge in [0.25, 0.3) is 0 Å². The quantitative estimate of drug-likeness (QED) is 0.864. The van der Waals surface area contributed by atoms with Crippen molar-refractivity contribution >= 4 is 0 Å². The van der Waals surface area contributed by atoms with Gasteiger partial charge in [0, 0.05) is 24.8 Å². The summed E-state index contributed by atoms with van der Waals surface area (Å²) in [6, 6.07) is 10.1. The molecule has 0 saturated carbocycles. The van der Waals surface area contributed by atoms with E-state index in [4.69, 9.17) is 0 Å². The minimum Gasteiger partial charge on any atom is -0.394 e. The van der Waals surface area contributed by atoms with Crippen LogP contribution in [0.3, 0.4) is 0 Å². The molecule has 2 aromatic rings. The van der Waals surface area contributed by atoms with Crippen LogP contribution in [0.5, 0.6) is 0 Å². The van der Waals surface area contributed by atoms with Gasteiger partial charge in [0.1, 0.15) is 0 Å². The molecule has 102 valence electrons. The summed E-state index contributed by atoms with van der Waals surface area (Å²) in [6.45, 7) is 4.17. The minimum absolute atomic E-state index is 0.0594. The Morgan fingerprint density at radius 3 is 2.53 bits per heavy atom. The van der Waals surface area contributed by atoms with Crippen molar-refractivity contribution in [3.05, 3.63) is 53.3 Å². The molecule has 0 aliphatic heterocycles. The lowest BCUT2D eigenvalue weighted by molar-refractivity contribution is 0.235. The SMILES string of the molecule is Cc1nn(C)cc1C(C)NC(CO)c1ccccc1. The number of aliphatic hydroxyl groups is 1. The van der Waals surface area contributed by atoms with E-state index in [9.17, 15) is 5.11 Å². The van der Waals surface area contributed by atoms with Gasteiger partial charge in [-0.15, -0.1) is 0 Å². The van der Waals surface area contributed by atoms with E-state index < -0.39 is 0 Å².